The van der Waals surface area contributed by atoms with E-state index in [1.54, 1.807) is 24.3 Å². The van der Waals surface area contributed by atoms with Gasteiger partial charge >= 0.3 is 17.8 Å². The molecule has 2 aromatic heterocycles. The van der Waals surface area contributed by atoms with Gasteiger partial charge in [0.1, 0.15) is 25.5 Å². The average molecular weight is 585 g/mol. The van der Waals surface area contributed by atoms with Crippen LogP contribution in [0.3, 0.4) is 0 Å². The SMILES string of the molecule is CSCCOC(=O)Nc1ccn(CC(=O)N(CCNS(=O)(=O)c2nc3ccccc3s2)CC(=O)O)c(=O)n1. The van der Waals surface area contributed by atoms with Crippen molar-refractivity contribution in [3.63, 3.8) is 0 Å². The highest BCUT2D eigenvalue weighted by molar-refractivity contribution is 7.98. The number of sulfonamides is 1. The van der Waals surface area contributed by atoms with Gasteiger partial charge in [-0.1, -0.05) is 12.1 Å². The van der Waals surface area contributed by atoms with Gasteiger partial charge in [0, 0.05) is 25.0 Å². The number of amides is 2. The van der Waals surface area contributed by atoms with E-state index in [0.29, 0.717) is 16.0 Å². The molecule has 0 aliphatic rings. The maximum absolute atomic E-state index is 12.7. The summed E-state index contributed by atoms with van der Waals surface area (Å²) in [6.07, 6.45) is 2.27. The van der Waals surface area contributed by atoms with Crippen LogP contribution in [0.25, 0.3) is 10.2 Å². The number of hydrogen-bond donors (Lipinski definition) is 3. The molecule has 1 aromatic carbocycles. The molecule has 0 saturated carbocycles. The summed E-state index contributed by atoms with van der Waals surface area (Å²) in [6, 6.07) is 8.17. The molecule has 38 heavy (non-hydrogen) atoms. The summed E-state index contributed by atoms with van der Waals surface area (Å²) in [6.45, 7) is -1.66. The highest BCUT2D eigenvalue weighted by atomic mass is 32.2. The first kappa shape index (κ1) is 29.0. The van der Waals surface area contributed by atoms with E-state index in [4.69, 9.17) is 4.74 Å². The lowest BCUT2D eigenvalue weighted by Crippen LogP contribution is -2.43. The highest BCUT2D eigenvalue weighted by Gasteiger charge is 2.22. The van der Waals surface area contributed by atoms with Crippen LogP contribution < -0.4 is 15.7 Å². The third kappa shape index (κ3) is 8.23. The molecule has 0 radical (unpaired) electrons. The van der Waals surface area contributed by atoms with Crippen molar-refractivity contribution >= 4 is 67.1 Å². The van der Waals surface area contributed by atoms with Crippen molar-refractivity contribution in [1.82, 2.24) is 24.2 Å². The molecule has 0 atom stereocenters. The number of aliphatic carboxylic acids is 1. The Morgan fingerprint density at radius 1 is 1.21 bits per heavy atom. The van der Waals surface area contributed by atoms with Gasteiger partial charge in [-0.3, -0.25) is 19.5 Å². The van der Waals surface area contributed by atoms with Crippen LogP contribution in [0.2, 0.25) is 0 Å². The summed E-state index contributed by atoms with van der Waals surface area (Å²) in [5, 5.41) is 11.5. The van der Waals surface area contributed by atoms with Crippen LogP contribution in [0.15, 0.2) is 45.7 Å². The maximum atomic E-state index is 12.7. The molecule has 0 spiro atoms. The van der Waals surface area contributed by atoms with Crippen LogP contribution in [-0.2, 0) is 30.9 Å². The Hall–Kier alpha value is -3.54. The van der Waals surface area contributed by atoms with Crippen molar-refractivity contribution in [3.8, 4) is 0 Å². The second-order valence-corrected chi connectivity index (χ2v) is 11.5. The number of anilines is 1. The third-order valence-electron chi connectivity index (χ3n) is 4.79. The Kier molecular flexibility index (Phi) is 10.2. The summed E-state index contributed by atoms with van der Waals surface area (Å²) in [7, 11) is -4.00. The van der Waals surface area contributed by atoms with Gasteiger partial charge in [-0.25, -0.2) is 27.7 Å². The van der Waals surface area contributed by atoms with E-state index in [9.17, 15) is 32.7 Å². The molecule has 204 valence electrons. The number of nitrogens with one attached hydrogen (secondary N) is 2. The Morgan fingerprint density at radius 2 is 1.97 bits per heavy atom. The molecule has 14 nitrogen and oxygen atoms in total. The molecule has 0 fully saturated rings. The van der Waals surface area contributed by atoms with Crippen LogP contribution in [0.4, 0.5) is 10.6 Å². The van der Waals surface area contributed by atoms with Crippen molar-refractivity contribution in [2.24, 2.45) is 0 Å². The molecule has 2 amide bonds. The summed E-state index contributed by atoms with van der Waals surface area (Å²) in [5.74, 6) is -1.56. The normalized spacial score (nSPS) is 11.3. The minimum Gasteiger partial charge on any atom is -0.480 e. The van der Waals surface area contributed by atoms with Crippen LogP contribution >= 0.6 is 23.1 Å². The van der Waals surface area contributed by atoms with E-state index in [1.165, 1.54) is 24.0 Å². The summed E-state index contributed by atoms with van der Waals surface area (Å²) >= 11 is 2.47. The second kappa shape index (κ2) is 13.3. The van der Waals surface area contributed by atoms with Crippen molar-refractivity contribution in [2.75, 3.05) is 43.6 Å². The minimum absolute atomic E-state index is 0.0838. The fraction of sp³-hybridized carbons (Fsp3) is 0.333. The highest BCUT2D eigenvalue weighted by Crippen LogP contribution is 2.24. The number of carbonyl (C=O) groups is 3. The molecule has 0 bridgehead atoms. The van der Waals surface area contributed by atoms with Crippen LogP contribution in [0, 0.1) is 0 Å². The lowest BCUT2D eigenvalue weighted by molar-refractivity contribution is -0.144. The van der Waals surface area contributed by atoms with Gasteiger partial charge in [-0.2, -0.15) is 16.7 Å². The lowest BCUT2D eigenvalue weighted by atomic mass is 10.3. The number of para-hydroxylation sites is 1. The zero-order valence-electron chi connectivity index (χ0n) is 20.0. The number of carboxylic acid groups (broad SMARTS) is 1. The minimum atomic E-state index is -4.00. The molecule has 3 rings (SSSR count). The first-order valence-electron chi connectivity index (χ1n) is 10.9. The number of thiazole rings is 1. The fourth-order valence-corrected chi connectivity index (χ4v) is 5.55. The standard InChI is InChI=1S/C21H24N6O8S3/c1-36-11-10-35-20(32)25-16-6-8-27(19(31)24-16)12-17(28)26(13-18(29)30)9-7-22-38(33,34)21-23-14-4-2-3-5-15(14)37-21/h2-6,8,22H,7,9-13H2,1H3,(H,29,30)(H,24,25,31,32). The average Bonchev–Trinajstić information content (AvgIpc) is 3.30. The molecular formula is C21H24N6O8S3. The molecule has 3 N–H and O–H groups in total. The summed E-state index contributed by atoms with van der Waals surface area (Å²) in [4.78, 5) is 56.7. The molecule has 3 aromatic rings. The van der Waals surface area contributed by atoms with E-state index in [2.05, 4.69) is 20.0 Å². The van der Waals surface area contributed by atoms with E-state index >= 15 is 0 Å². The Labute approximate surface area is 225 Å². The first-order valence-corrected chi connectivity index (χ1v) is 14.6. The summed E-state index contributed by atoms with van der Waals surface area (Å²) < 4.78 is 33.9. The van der Waals surface area contributed by atoms with Crippen molar-refractivity contribution in [3.05, 3.63) is 47.0 Å². The Bertz CT molecular complexity index is 1440. The molecule has 0 unspecified atom stereocenters. The van der Waals surface area contributed by atoms with E-state index in [0.717, 1.165) is 20.8 Å². The number of carboxylic acids is 1. The van der Waals surface area contributed by atoms with Crippen LogP contribution in [0.5, 0.6) is 0 Å². The number of hydrogen-bond acceptors (Lipinski definition) is 11. The Morgan fingerprint density at radius 3 is 2.66 bits per heavy atom. The van der Waals surface area contributed by atoms with Crippen LogP contribution in [-0.4, -0.2) is 89.2 Å². The summed E-state index contributed by atoms with van der Waals surface area (Å²) in [5.41, 5.74) is -0.347. The zero-order valence-corrected chi connectivity index (χ0v) is 22.5. The van der Waals surface area contributed by atoms with E-state index < -0.39 is 46.8 Å². The number of ether oxygens (including phenoxy) is 1. The van der Waals surface area contributed by atoms with Gasteiger partial charge in [0.2, 0.25) is 10.2 Å². The molecule has 0 aliphatic heterocycles. The van der Waals surface area contributed by atoms with Crippen LogP contribution in [0.1, 0.15) is 0 Å². The molecule has 0 aliphatic carbocycles. The number of carbonyl (C=O) groups excluding carboxylic acids is 2. The number of aromatic nitrogens is 3. The topological polar surface area (TPSA) is 190 Å². The first-order chi connectivity index (χ1) is 18.1. The van der Waals surface area contributed by atoms with Gasteiger partial charge in [0.25, 0.3) is 10.0 Å². The van der Waals surface area contributed by atoms with Gasteiger partial charge in [0.15, 0.2) is 0 Å². The zero-order chi connectivity index (χ0) is 27.7. The largest absolute Gasteiger partial charge is 0.480 e. The molecule has 17 heteroatoms. The smallest absolute Gasteiger partial charge is 0.412 e. The van der Waals surface area contributed by atoms with Gasteiger partial charge < -0.3 is 14.7 Å². The fourth-order valence-electron chi connectivity index (χ4n) is 3.02. The van der Waals surface area contributed by atoms with E-state index in [1.807, 2.05) is 6.26 Å². The van der Waals surface area contributed by atoms with Gasteiger partial charge in [0.05, 0.1) is 10.2 Å². The van der Waals surface area contributed by atoms with E-state index in [-0.39, 0.29) is 29.9 Å². The predicted molar refractivity (Wildman–Crippen MR) is 141 cm³/mol. The Balaban J connectivity index is 1.60. The predicted octanol–water partition coefficient (Wildman–Crippen LogP) is 0.656. The third-order valence-corrected chi connectivity index (χ3v) is 8.24. The quantitative estimate of drug-likeness (QED) is 0.239. The number of fused-ring (bicyclic) bond motifs is 1. The molecule has 0 saturated heterocycles. The monoisotopic (exact) mass is 584 g/mol. The number of thioether (sulfide) groups is 1. The van der Waals surface area contributed by atoms with Crippen molar-refractivity contribution < 1.29 is 32.6 Å². The maximum Gasteiger partial charge on any atom is 0.412 e. The molecule has 2 heterocycles. The number of nitrogens with zero attached hydrogens (tertiary/aromatic N) is 4. The van der Waals surface area contributed by atoms with Crippen molar-refractivity contribution in [2.45, 2.75) is 10.9 Å². The second-order valence-electron chi connectivity index (χ2n) is 7.53. The number of benzene rings is 1. The number of rotatable bonds is 13. The lowest BCUT2D eigenvalue weighted by Gasteiger charge is -2.21. The van der Waals surface area contributed by atoms with Gasteiger partial charge in [-0.05, 0) is 24.5 Å². The van der Waals surface area contributed by atoms with Gasteiger partial charge in [-0.15, -0.1) is 11.3 Å². The van der Waals surface area contributed by atoms with Crippen molar-refractivity contribution in [1.29, 1.82) is 0 Å². The molecular weight excluding hydrogens is 560 g/mol.